The summed E-state index contributed by atoms with van der Waals surface area (Å²) < 4.78 is 51.1. The highest BCUT2D eigenvalue weighted by Gasteiger charge is 2.25. The summed E-state index contributed by atoms with van der Waals surface area (Å²) in [6, 6.07) is 9.31. The third kappa shape index (κ3) is 6.17. The van der Waals surface area contributed by atoms with Crippen molar-refractivity contribution < 1.29 is 16.8 Å². The van der Waals surface area contributed by atoms with Gasteiger partial charge in [-0.1, -0.05) is 30.3 Å². The SMILES string of the molecule is CN(C)S(=O)(=O)CCCN1CCN(S(=O)(=O)/C=C/c2ccccc2)CC1. The van der Waals surface area contributed by atoms with E-state index in [2.05, 4.69) is 4.90 Å². The number of benzene rings is 1. The Morgan fingerprint density at radius 2 is 1.62 bits per heavy atom. The first-order chi connectivity index (χ1) is 12.2. The standard InChI is InChI=1S/C17H27N3O4S2/c1-18(2)25(21,22)15-6-10-19-11-13-20(14-12-19)26(23,24)16-9-17-7-4-3-5-8-17/h3-5,7-9,16H,6,10-15H2,1-2H3/b16-9+. The minimum atomic E-state index is -3.44. The maximum absolute atomic E-state index is 12.4. The molecule has 1 fully saturated rings. The van der Waals surface area contributed by atoms with Gasteiger partial charge in [0.15, 0.2) is 0 Å². The molecule has 0 unspecified atom stereocenters. The zero-order chi connectivity index (χ0) is 19.2. The quantitative estimate of drug-likeness (QED) is 0.646. The van der Waals surface area contributed by atoms with Gasteiger partial charge >= 0.3 is 0 Å². The van der Waals surface area contributed by atoms with Crippen LogP contribution in [0.1, 0.15) is 12.0 Å². The van der Waals surface area contributed by atoms with Gasteiger partial charge in [0.1, 0.15) is 0 Å². The van der Waals surface area contributed by atoms with E-state index in [0.29, 0.717) is 39.1 Å². The molecule has 0 N–H and O–H groups in total. The van der Waals surface area contributed by atoms with Crippen molar-refractivity contribution in [3.8, 4) is 0 Å². The zero-order valence-corrected chi connectivity index (χ0v) is 16.9. The van der Waals surface area contributed by atoms with E-state index >= 15 is 0 Å². The number of hydrogen-bond acceptors (Lipinski definition) is 5. The lowest BCUT2D eigenvalue weighted by atomic mass is 10.2. The summed E-state index contributed by atoms with van der Waals surface area (Å²) in [6.07, 6.45) is 2.15. The second kappa shape index (κ2) is 9.09. The first-order valence-electron chi connectivity index (χ1n) is 8.56. The van der Waals surface area contributed by atoms with Crippen LogP contribution in [0.25, 0.3) is 6.08 Å². The third-order valence-corrected chi connectivity index (χ3v) is 7.84. The second-order valence-electron chi connectivity index (χ2n) is 6.45. The zero-order valence-electron chi connectivity index (χ0n) is 15.3. The van der Waals surface area contributed by atoms with Gasteiger partial charge in [-0.05, 0) is 24.6 Å². The van der Waals surface area contributed by atoms with Crippen molar-refractivity contribution in [2.24, 2.45) is 0 Å². The van der Waals surface area contributed by atoms with E-state index in [1.807, 2.05) is 30.3 Å². The van der Waals surface area contributed by atoms with Crippen LogP contribution in [-0.2, 0) is 20.0 Å². The van der Waals surface area contributed by atoms with Crippen LogP contribution < -0.4 is 0 Å². The van der Waals surface area contributed by atoms with Crippen LogP contribution in [0.15, 0.2) is 35.7 Å². The average Bonchev–Trinajstić information content (AvgIpc) is 2.61. The van der Waals surface area contributed by atoms with Crippen LogP contribution in [0.3, 0.4) is 0 Å². The first-order valence-corrected chi connectivity index (χ1v) is 11.7. The smallest absolute Gasteiger partial charge is 0.236 e. The highest BCUT2D eigenvalue weighted by molar-refractivity contribution is 7.92. The molecule has 1 aromatic rings. The number of hydrogen-bond donors (Lipinski definition) is 0. The van der Waals surface area contributed by atoms with Crippen molar-refractivity contribution in [1.82, 2.24) is 13.5 Å². The highest BCUT2D eigenvalue weighted by Crippen LogP contribution is 2.12. The largest absolute Gasteiger partial charge is 0.301 e. The van der Waals surface area contributed by atoms with E-state index in [1.54, 1.807) is 6.08 Å². The second-order valence-corrected chi connectivity index (χ2v) is 10.6. The summed E-state index contributed by atoms with van der Waals surface area (Å²) in [4.78, 5) is 2.11. The van der Waals surface area contributed by atoms with Gasteiger partial charge in [-0.3, -0.25) is 0 Å². The van der Waals surface area contributed by atoms with E-state index < -0.39 is 20.0 Å². The molecule has 0 atom stereocenters. The summed E-state index contributed by atoms with van der Waals surface area (Å²) in [7, 11) is -3.55. The van der Waals surface area contributed by atoms with E-state index in [9.17, 15) is 16.8 Å². The van der Waals surface area contributed by atoms with Gasteiger partial charge in [0.25, 0.3) is 0 Å². The van der Waals surface area contributed by atoms with Gasteiger partial charge in [-0.2, -0.15) is 4.31 Å². The van der Waals surface area contributed by atoms with Crippen molar-refractivity contribution in [3.05, 3.63) is 41.3 Å². The Hall–Kier alpha value is -1.26. The normalized spacial score (nSPS) is 18.0. The van der Waals surface area contributed by atoms with E-state index in [0.717, 1.165) is 5.56 Å². The molecule has 26 heavy (non-hydrogen) atoms. The van der Waals surface area contributed by atoms with Gasteiger partial charge in [0.05, 0.1) is 5.75 Å². The topological polar surface area (TPSA) is 78.0 Å². The van der Waals surface area contributed by atoms with Crippen LogP contribution in [0.5, 0.6) is 0 Å². The fraction of sp³-hybridized carbons (Fsp3) is 0.529. The summed E-state index contributed by atoms with van der Waals surface area (Å²) >= 11 is 0. The third-order valence-electron chi connectivity index (χ3n) is 4.36. The molecule has 1 saturated heterocycles. The molecule has 2 rings (SSSR count). The molecule has 0 bridgehead atoms. The highest BCUT2D eigenvalue weighted by atomic mass is 32.2. The fourth-order valence-corrected chi connectivity index (χ4v) is 4.71. The molecule has 146 valence electrons. The molecular weight excluding hydrogens is 374 g/mol. The van der Waals surface area contributed by atoms with Crippen LogP contribution in [0.2, 0.25) is 0 Å². The van der Waals surface area contributed by atoms with Gasteiger partial charge in [-0.15, -0.1) is 0 Å². The molecule has 0 radical (unpaired) electrons. The molecular formula is C17H27N3O4S2. The maximum atomic E-state index is 12.4. The van der Waals surface area contributed by atoms with E-state index in [-0.39, 0.29) is 5.75 Å². The number of rotatable bonds is 8. The molecule has 0 amide bonds. The van der Waals surface area contributed by atoms with Gasteiger partial charge in [0.2, 0.25) is 20.0 Å². The molecule has 1 aliphatic rings. The molecule has 0 spiro atoms. The molecule has 9 heteroatoms. The van der Waals surface area contributed by atoms with Crippen molar-refractivity contribution in [3.63, 3.8) is 0 Å². The van der Waals surface area contributed by atoms with Gasteiger partial charge in [0, 0.05) is 45.7 Å². The number of nitrogens with zero attached hydrogens (tertiary/aromatic N) is 3. The molecule has 1 aliphatic heterocycles. The Bertz CT molecular complexity index is 798. The van der Waals surface area contributed by atoms with Gasteiger partial charge in [-0.25, -0.2) is 21.1 Å². The minimum absolute atomic E-state index is 0.109. The lowest BCUT2D eigenvalue weighted by Gasteiger charge is -2.33. The van der Waals surface area contributed by atoms with Crippen molar-refractivity contribution in [2.75, 3.05) is 52.6 Å². The molecule has 0 aromatic heterocycles. The van der Waals surface area contributed by atoms with Gasteiger partial charge < -0.3 is 4.90 Å². The summed E-state index contributed by atoms with van der Waals surface area (Å²) in [6.45, 7) is 2.71. The Kier molecular flexibility index (Phi) is 7.36. The van der Waals surface area contributed by atoms with Crippen molar-refractivity contribution in [1.29, 1.82) is 0 Å². The minimum Gasteiger partial charge on any atom is -0.301 e. The Balaban J connectivity index is 1.81. The van der Waals surface area contributed by atoms with Crippen molar-refractivity contribution >= 4 is 26.1 Å². The summed E-state index contributed by atoms with van der Waals surface area (Å²) in [5, 5.41) is 1.25. The van der Waals surface area contributed by atoms with Crippen LogP contribution in [-0.4, -0.2) is 82.9 Å². The average molecular weight is 402 g/mol. The predicted molar refractivity (Wildman–Crippen MR) is 104 cm³/mol. The summed E-state index contributed by atoms with van der Waals surface area (Å²) in [5.74, 6) is 0.109. The van der Waals surface area contributed by atoms with Crippen LogP contribution in [0.4, 0.5) is 0 Å². The molecule has 1 heterocycles. The number of piperazine rings is 1. The molecule has 0 saturated carbocycles. The predicted octanol–water partition coefficient (Wildman–Crippen LogP) is 0.886. The number of sulfonamides is 2. The van der Waals surface area contributed by atoms with Crippen LogP contribution >= 0.6 is 0 Å². The van der Waals surface area contributed by atoms with E-state index in [1.165, 1.54) is 28.1 Å². The first kappa shape index (κ1) is 21.0. The fourth-order valence-electron chi connectivity index (χ4n) is 2.68. The molecule has 1 aromatic carbocycles. The Morgan fingerprint density at radius 1 is 1.00 bits per heavy atom. The summed E-state index contributed by atoms with van der Waals surface area (Å²) in [5.41, 5.74) is 0.844. The Labute approximate surface area is 157 Å². The Morgan fingerprint density at radius 3 is 2.19 bits per heavy atom. The van der Waals surface area contributed by atoms with Crippen molar-refractivity contribution in [2.45, 2.75) is 6.42 Å². The van der Waals surface area contributed by atoms with Crippen LogP contribution in [0, 0.1) is 0 Å². The lowest BCUT2D eigenvalue weighted by molar-refractivity contribution is 0.190. The van der Waals surface area contributed by atoms with E-state index in [4.69, 9.17) is 0 Å². The maximum Gasteiger partial charge on any atom is 0.236 e. The molecule has 7 nitrogen and oxygen atoms in total. The molecule has 0 aliphatic carbocycles. The lowest BCUT2D eigenvalue weighted by Crippen LogP contribution is -2.48. The monoisotopic (exact) mass is 401 g/mol.